The van der Waals surface area contributed by atoms with Crippen LogP contribution in [0.5, 0.6) is 0 Å². The average Bonchev–Trinajstić information content (AvgIpc) is 2.23. The molecule has 0 atom stereocenters. The number of nitrogens with two attached hydrogens (primary N) is 1. The first-order valence-electron chi connectivity index (χ1n) is 4.97. The van der Waals surface area contributed by atoms with Crippen LogP contribution in [0, 0.1) is 0 Å². The monoisotopic (exact) mass is 241 g/mol. The quantitative estimate of drug-likeness (QED) is 0.771. The van der Waals surface area contributed by atoms with Crippen molar-refractivity contribution in [2.24, 2.45) is 5.14 Å². The van der Waals surface area contributed by atoms with E-state index in [9.17, 15) is 8.42 Å². The summed E-state index contributed by atoms with van der Waals surface area (Å²) in [5.74, 6) is 0. The summed E-state index contributed by atoms with van der Waals surface area (Å²) in [4.78, 5) is 0. The summed E-state index contributed by atoms with van der Waals surface area (Å²) in [5.41, 5.74) is 1.12. The molecule has 0 saturated heterocycles. The molecule has 1 rings (SSSR count). The molecule has 0 heterocycles. The fourth-order valence-corrected chi connectivity index (χ4v) is 1.51. The largest absolute Gasteiger partial charge is 0.333 e. The van der Waals surface area contributed by atoms with Crippen LogP contribution < -0.4 is 5.14 Å². The van der Waals surface area contributed by atoms with Gasteiger partial charge in [0.15, 0.2) is 0 Å². The lowest BCUT2D eigenvalue weighted by atomic mass is 10.2. The Kier molecular flexibility index (Phi) is 5.18. The van der Waals surface area contributed by atoms with Crippen molar-refractivity contribution < 1.29 is 12.6 Å². The van der Waals surface area contributed by atoms with Crippen LogP contribution >= 0.6 is 0 Å². The zero-order chi connectivity index (χ0) is 11.9. The van der Waals surface area contributed by atoms with Gasteiger partial charge in [-0.25, -0.2) is 5.14 Å². The summed E-state index contributed by atoms with van der Waals surface area (Å²) >= 11 is 0. The Bertz CT molecular complexity index is 426. The van der Waals surface area contributed by atoms with Gasteiger partial charge in [0.05, 0.1) is 6.61 Å². The predicted octanol–water partition coefficient (Wildman–Crippen LogP) is 1.70. The smallest absolute Gasteiger partial charge is 0.258 e. The summed E-state index contributed by atoms with van der Waals surface area (Å²) < 4.78 is 25.2. The van der Waals surface area contributed by atoms with Crippen LogP contribution in [0.4, 0.5) is 0 Å². The highest BCUT2D eigenvalue weighted by Crippen LogP contribution is 2.03. The molecule has 1 aromatic carbocycles. The Balaban J connectivity index is 2.19. The molecule has 0 unspecified atom stereocenters. The minimum atomic E-state index is -3.79. The summed E-state index contributed by atoms with van der Waals surface area (Å²) in [7, 11) is -3.79. The maximum absolute atomic E-state index is 10.4. The van der Waals surface area contributed by atoms with Crippen LogP contribution in [-0.4, -0.2) is 15.0 Å². The van der Waals surface area contributed by atoms with Gasteiger partial charge in [-0.2, -0.15) is 8.42 Å². The highest BCUT2D eigenvalue weighted by atomic mass is 32.2. The van der Waals surface area contributed by atoms with Crippen molar-refractivity contribution in [2.45, 2.75) is 12.8 Å². The number of hydrogen-bond acceptors (Lipinski definition) is 3. The molecule has 16 heavy (non-hydrogen) atoms. The Labute approximate surface area is 96.0 Å². The van der Waals surface area contributed by atoms with Crippen molar-refractivity contribution in [1.82, 2.24) is 0 Å². The fourth-order valence-electron chi connectivity index (χ4n) is 1.16. The fraction of sp³-hybridized carbons (Fsp3) is 0.273. The lowest BCUT2D eigenvalue weighted by Crippen LogP contribution is -2.16. The molecule has 0 aromatic heterocycles. The van der Waals surface area contributed by atoms with Gasteiger partial charge in [-0.1, -0.05) is 42.5 Å². The van der Waals surface area contributed by atoms with Crippen molar-refractivity contribution in [1.29, 1.82) is 0 Å². The molecule has 0 spiro atoms. The van der Waals surface area contributed by atoms with E-state index in [2.05, 4.69) is 9.32 Å². The van der Waals surface area contributed by atoms with E-state index in [0.717, 1.165) is 12.0 Å². The van der Waals surface area contributed by atoms with Crippen molar-refractivity contribution in [3.8, 4) is 0 Å². The second-order valence-corrected chi connectivity index (χ2v) is 4.49. The van der Waals surface area contributed by atoms with Crippen LogP contribution in [-0.2, 0) is 14.5 Å². The average molecular weight is 241 g/mol. The van der Waals surface area contributed by atoms with Gasteiger partial charge in [0, 0.05) is 0 Å². The van der Waals surface area contributed by atoms with E-state index in [1.165, 1.54) is 0 Å². The van der Waals surface area contributed by atoms with E-state index < -0.39 is 10.3 Å². The van der Waals surface area contributed by atoms with Gasteiger partial charge in [-0.05, 0) is 18.4 Å². The van der Waals surface area contributed by atoms with Gasteiger partial charge in [0.2, 0.25) is 0 Å². The molecule has 5 heteroatoms. The molecule has 0 amide bonds. The molecule has 1 aromatic rings. The maximum atomic E-state index is 10.4. The Morgan fingerprint density at radius 2 is 1.94 bits per heavy atom. The SMILES string of the molecule is NS(=O)(=O)OCCC/C=C/c1ccccc1. The van der Waals surface area contributed by atoms with Gasteiger partial charge in [-0.3, -0.25) is 4.18 Å². The van der Waals surface area contributed by atoms with E-state index in [0.29, 0.717) is 6.42 Å². The molecule has 2 N–H and O–H groups in total. The van der Waals surface area contributed by atoms with Crippen LogP contribution in [0.1, 0.15) is 18.4 Å². The lowest BCUT2D eigenvalue weighted by molar-refractivity contribution is 0.314. The third-order valence-corrected chi connectivity index (χ3v) is 2.37. The molecule has 0 aliphatic heterocycles. The van der Waals surface area contributed by atoms with Crippen LogP contribution in [0.3, 0.4) is 0 Å². The summed E-state index contributed by atoms with van der Waals surface area (Å²) in [6, 6.07) is 9.87. The van der Waals surface area contributed by atoms with Gasteiger partial charge < -0.3 is 0 Å². The van der Waals surface area contributed by atoms with Gasteiger partial charge in [0.25, 0.3) is 0 Å². The van der Waals surface area contributed by atoms with Gasteiger partial charge in [-0.15, -0.1) is 0 Å². The van der Waals surface area contributed by atoms with Crippen LogP contribution in [0.25, 0.3) is 6.08 Å². The minimum absolute atomic E-state index is 0.123. The van der Waals surface area contributed by atoms with Crippen LogP contribution in [0.2, 0.25) is 0 Å². The van der Waals surface area contributed by atoms with E-state index in [1.54, 1.807) is 0 Å². The first-order chi connectivity index (χ1) is 7.58. The van der Waals surface area contributed by atoms with E-state index in [4.69, 9.17) is 0 Å². The third-order valence-electron chi connectivity index (χ3n) is 1.87. The van der Waals surface area contributed by atoms with E-state index in [-0.39, 0.29) is 6.61 Å². The number of rotatable bonds is 6. The molecule has 0 fully saturated rings. The Hall–Kier alpha value is -1.17. The summed E-state index contributed by atoms with van der Waals surface area (Å²) in [6.45, 7) is 0.123. The standard InChI is InChI=1S/C11H15NO3S/c12-16(13,14)15-10-6-2-5-9-11-7-3-1-4-8-11/h1,3-5,7-9H,2,6,10H2,(H2,12,13,14)/b9-5+. The second kappa shape index (κ2) is 6.42. The Morgan fingerprint density at radius 1 is 1.25 bits per heavy atom. The zero-order valence-electron chi connectivity index (χ0n) is 8.87. The predicted molar refractivity (Wildman–Crippen MR) is 63.8 cm³/mol. The molecular formula is C11H15NO3S. The number of unbranched alkanes of at least 4 members (excludes halogenated alkanes) is 1. The molecule has 88 valence electrons. The molecule has 4 nitrogen and oxygen atoms in total. The third kappa shape index (κ3) is 6.34. The molecular weight excluding hydrogens is 226 g/mol. The topological polar surface area (TPSA) is 69.4 Å². The van der Waals surface area contributed by atoms with Crippen molar-refractivity contribution in [3.63, 3.8) is 0 Å². The first kappa shape index (κ1) is 12.9. The van der Waals surface area contributed by atoms with Crippen molar-refractivity contribution in [2.75, 3.05) is 6.61 Å². The highest BCUT2D eigenvalue weighted by Gasteiger charge is 1.99. The Morgan fingerprint density at radius 3 is 2.56 bits per heavy atom. The lowest BCUT2D eigenvalue weighted by Gasteiger charge is -1.97. The molecule has 0 radical (unpaired) electrons. The maximum Gasteiger partial charge on any atom is 0.333 e. The normalized spacial score (nSPS) is 12.1. The molecule has 0 saturated carbocycles. The first-order valence-corrected chi connectivity index (χ1v) is 6.44. The van der Waals surface area contributed by atoms with Gasteiger partial charge in [0.1, 0.15) is 0 Å². The number of benzene rings is 1. The van der Waals surface area contributed by atoms with Crippen molar-refractivity contribution in [3.05, 3.63) is 42.0 Å². The van der Waals surface area contributed by atoms with Gasteiger partial charge >= 0.3 is 10.3 Å². The number of allylic oxidation sites excluding steroid dienone is 1. The second-order valence-electron chi connectivity index (χ2n) is 3.27. The van der Waals surface area contributed by atoms with E-state index in [1.807, 2.05) is 42.5 Å². The minimum Gasteiger partial charge on any atom is -0.258 e. The van der Waals surface area contributed by atoms with E-state index >= 15 is 0 Å². The van der Waals surface area contributed by atoms with Crippen molar-refractivity contribution >= 4 is 16.4 Å². The summed E-state index contributed by atoms with van der Waals surface area (Å²) in [5, 5.41) is 4.67. The molecule has 0 aliphatic rings. The summed E-state index contributed by atoms with van der Waals surface area (Å²) in [6.07, 6.45) is 5.34. The molecule has 0 bridgehead atoms. The highest BCUT2D eigenvalue weighted by molar-refractivity contribution is 7.84. The number of hydrogen-bond donors (Lipinski definition) is 1. The zero-order valence-corrected chi connectivity index (χ0v) is 9.69. The van der Waals surface area contributed by atoms with Crippen LogP contribution in [0.15, 0.2) is 36.4 Å². The molecule has 0 aliphatic carbocycles.